The molecular formula is C134H91N5O3. The third kappa shape index (κ3) is 13.8. The standard InChI is InChI=1S/C48H31NO.2C42H26N2O.2CH4/c1-2-11-32(12-3-1)33-23-25-34(26-24-33)35-13-8-14-36(29-35)37-27-28-47-44(31-37)43-20-10-19-40(48(43)50-47)38-15-9-16-39(30-38)49-45-21-6-4-17-41(45)42-18-5-7-22-46(42)49;1-2-10-29(11-3-1)43-39-17-9-6-14-33(39)34-24-27(18-21-40(34)43)28-19-22-41-35(25-28)36-26-30(20-23-42(36)45-41)44-37-15-7-4-12-31(37)32-13-5-8-16-38(32)44;1-2-10-27(11-3-1)28-18-21-40-34(24-28)33-14-6-9-17-39(33)44(40)30-20-23-42-36(26-30)35-25-29(19-22-41(35)45-42)43-37-15-7-4-12-31(37)32-13-5-8-16-38(32)43;;/h1-31H;2*1-26H;2*1H4. The summed E-state index contributed by atoms with van der Waals surface area (Å²) in [6.45, 7) is 0. The van der Waals surface area contributed by atoms with Gasteiger partial charge in [-0.25, -0.2) is 0 Å². The minimum absolute atomic E-state index is 0. The summed E-state index contributed by atoms with van der Waals surface area (Å²) < 4.78 is 31.2. The maximum absolute atomic E-state index is 6.63. The normalized spacial score (nSPS) is 11.7. The highest BCUT2D eigenvalue weighted by Gasteiger charge is 2.24. The molecule has 0 saturated carbocycles. The quantitative estimate of drug-likeness (QED) is 0.130. The largest absolute Gasteiger partial charge is 0.456 e. The lowest BCUT2D eigenvalue weighted by Gasteiger charge is -2.10. The lowest BCUT2D eigenvalue weighted by Crippen LogP contribution is -1.94. The second-order valence-electron chi connectivity index (χ2n) is 36.5. The minimum atomic E-state index is 0. The van der Waals surface area contributed by atoms with E-state index in [9.17, 15) is 0 Å². The van der Waals surface area contributed by atoms with Crippen molar-refractivity contribution in [3.8, 4) is 95.2 Å². The first-order valence-electron chi connectivity index (χ1n) is 47.8. The van der Waals surface area contributed by atoms with Crippen molar-refractivity contribution in [1.82, 2.24) is 22.8 Å². The molecule has 8 aromatic heterocycles. The summed E-state index contributed by atoms with van der Waals surface area (Å²) in [4.78, 5) is 0. The first-order valence-corrected chi connectivity index (χ1v) is 47.8. The molecule has 0 N–H and O–H groups in total. The van der Waals surface area contributed by atoms with E-state index in [1.54, 1.807) is 0 Å². The molecule has 30 aromatic rings. The lowest BCUT2D eigenvalue weighted by molar-refractivity contribution is 0.668. The van der Waals surface area contributed by atoms with Crippen molar-refractivity contribution in [2.24, 2.45) is 0 Å². The van der Waals surface area contributed by atoms with Gasteiger partial charge in [-0.05, 0) is 243 Å². The summed E-state index contributed by atoms with van der Waals surface area (Å²) in [5.74, 6) is 0. The first kappa shape index (κ1) is 83.8. The molecule has 0 saturated heterocycles. The molecule has 0 atom stereocenters. The number of para-hydroxylation sites is 10. The Labute approximate surface area is 818 Å². The van der Waals surface area contributed by atoms with Crippen LogP contribution in [0.15, 0.2) is 517 Å². The van der Waals surface area contributed by atoms with E-state index in [0.29, 0.717) is 0 Å². The van der Waals surface area contributed by atoms with E-state index in [-0.39, 0.29) is 14.9 Å². The lowest BCUT2D eigenvalue weighted by atomic mass is 9.96. The predicted molar refractivity (Wildman–Crippen MR) is 599 cm³/mol. The molecule has 142 heavy (non-hydrogen) atoms. The Balaban J connectivity index is 0.000000109. The SMILES string of the molecule is C.C.c1ccc(-c2ccc(-c3cccc(-c4ccc5oc6c(-c7cccc(-n8c9ccccc9c9ccccc98)c7)cccc6c5c4)c3)cc2)cc1.c1ccc(-c2ccc3c(c2)c2ccccc2n3-c2ccc3oc4ccc(-n5c6ccccc6c6ccccc65)cc4c3c2)cc1.c1ccc(-n2c3ccccc3c3cc(-c4ccc5oc6ccc(-n7c8ccccc8c8ccccc87)cc6c5c4)ccc32)cc1. The molecule has 670 valence electrons. The van der Waals surface area contributed by atoms with Crippen LogP contribution in [0, 0.1) is 0 Å². The zero-order chi connectivity index (χ0) is 92.0. The van der Waals surface area contributed by atoms with Gasteiger partial charge < -0.3 is 36.1 Å². The van der Waals surface area contributed by atoms with Crippen LogP contribution in [-0.2, 0) is 0 Å². The van der Waals surface area contributed by atoms with E-state index < -0.39 is 0 Å². The molecule has 0 unspecified atom stereocenters. The van der Waals surface area contributed by atoms with Gasteiger partial charge in [-0.1, -0.05) is 336 Å². The Morgan fingerprint density at radius 2 is 0.345 bits per heavy atom. The Morgan fingerprint density at radius 3 is 0.754 bits per heavy atom. The van der Waals surface area contributed by atoms with Crippen LogP contribution < -0.4 is 0 Å². The average Bonchev–Trinajstić information content (AvgIpc) is 1.59. The molecule has 8 nitrogen and oxygen atoms in total. The highest BCUT2D eigenvalue weighted by molar-refractivity contribution is 6.18. The molecule has 0 aliphatic carbocycles. The maximum atomic E-state index is 6.63. The van der Waals surface area contributed by atoms with Crippen molar-refractivity contribution in [2.75, 3.05) is 0 Å². The van der Waals surface area contributed by atoms with Crippen molar-refractivity contribution in [3.63, 3.8) is 0 Å². The van der Waals surface area contributed by atoms with Crippen LogP contribution in [0.4, 0.5) is 0 Å². The predicted octanol–water partition coefficient (Wildman–Crippen LogP) is 37.5. The fraction of sp³-hybridized carbons (Fsp3) is 0.0149. The number of hydrogen-bond donors (Lipinski definition) is 0. The Kier molecular flexibility index (Phi) is 20.2. The fourth-order valence-corrected chi connectivity index (χ4v) is 22.2. The van der Waals surface area contributed by atoms with E-state index >= 15 is 0 Å². The number of fused-ring (bicyclic) bond motifs is 24. The zero-order valence-electron chi connectivity index (χ0n) is 75.9. The Hall–Kier alpha value is -18.8. The molecule has 0 radical (unpaired) electrons. The van der Waals surface area contributed by atoms with Crippen LogP contribution in [-0.4, -0.2) is 22.8 Å². The number of hydrogen-bond acceptors (Lipinski definition) is 3. The molecule has 30 rings (SSSR count). The zero-order valence-corrected chi connectivity index (χ0v) is 75.9. The second kappa shape index (κ2) is 34.2. The van der Waals surface area contributed by atoms with Crippen molar-refractivity contribution >= 4 is 175 Å². The third-order valence-electron chi connectivity index (χ3n) is 28.6. The number of rotatable bonds is 11. The topological polar surface area (TPSA) is 64.1 Å². The van der Waals surface area contributed by atoms with Crippen LogP contribution in [0.3, 0.4) is 0 Å². The number of benzene rings is 22. The molecule has 22 aromatic carbocycles. The summed E-state index contributed by atoms with van der Waals surface area (Å²) >= 11 is 0. The van der Waals surface area contributed by atoms with E-state index in [2.05, 4.69) is 526 Å². The highest BCUT2D eigenvalue weighted by atomic mass is 16.3. The molecule has 0 aliphatic heterocycles. The van der Waals surface area contributed by atoms with Gasteiger partial charge >= 0.3 is 0 Å². The molecule has 0 spiro atoms. The van der Waals surface area contributed by atoms with Gasteiger partial charge in [0.25, 0.3) is 0 Å². The molecule has 0 fully saturated rings. The molecular weight excluding hydrogens is 1730 g/mol. The van der Waals surface area contributed by atoms with Gasteiger partial charge in [-0.15, -0.1) is 0 Å². The van der Waals surface area contributed by atoms with Crippen LogP contribution in [0.5, 0.6) is 0 Å². The van der Waals surface area contributed by atoms with Crippen molar-refractivity contribution in [2.45, 2.75) is 14.9 Å². The van der Waals surface area contributed by atoms with E-state index in [1.165, 1.54) is 170 Å². The van der Waals surface area contributed by atoms with Gasteiger partial charge in [0.2, 0.25) is 0 Å². The minimum Gasteiger partial charge on any atom is -0.456 e. The first-order chi connectivity index (χ1) is 69.4. The van der Waals surface area contributed by atoms with Crippen LogP contribution in [0.1, 0.15) is 14.9 Å². The Bertz CT molecular complexity index is 10100. The van der Waals surface area contributed by atoms with Gasteiger partial charge in [0, 0.05) is 120 Å². The van der Waals surface area contributed by atoms with Crippen molar-refractivity contribution < 1.29 is 13.3 Å². The molecule has 0 amide bonds. The fourth-order valence-electron chi connectivity index (χ4n) is 22.2. The maximum Gasteiger partial charge on any atom is 0.143 e. The highest BCUT2D eigenvalue weighted by Crippen LogP contribution is 2.46. The average molecular weight is 1820 g/mol. The molecule has 8 heterocycles. The van der Waals surface area contributed by atoms with Crippen molar-refractivity contribution in [1.29, 1.82) is 0 Å². The summed E-state index contributed by atoms with van der Waals surface area (Å²) in [5.41, 5.74) is 37.3. The monoisotopic (exact) mass is 1820 g/mol. The Morgan fingerprint density at radius 1 is 0.120 bits per heavy atom. The van der Waals surface area contributed by atoms with Gasteiger partial charge in [0.15, 0.2) is 0 Å². The van der Waals surface area contributed by atoms with E-state index in [0.717, 1.165) is 99.7 Å². The van der Waals surface area contributed by atoms with Gasteiger partial charge in [0.1, 0.15) is 33.5 Å². The molecule has 8 heteroatoms. The number of furan rings is 3. The van der Waals surface area contributed by atoms with Crippen molar-refractivity contribution in [3.05, 3.63) is 504 Å². The van der Waals surface area contributed by atoms with E-state index in [1.807, 2.05) is 0 Å². The van der Waals surface area contributed by atoms with Gasteiger partial charge in [0.05, 0.1) is 55.2 Å². The number of aromatic nitrogens is 5. The van der Waals surface area contributed by atoms with Crippen LogP contribution >= 0.6 is 0 Å². The summed E-state index contributed by atoms with van der Waals surface area (Å²) in [5, 5.41) is 19.3. The van der Waals surface area contributed by atoms with Gasteiger partial charge in [-0.2, -0.15) is 0 Å². The second-order valence-corrected chi connectivity index (χ2v) is 36.5. The number of nitrogens with zero attached hydrogens (tertiary/aromatic N) is 5. The summed E-state index contributed by atoms with van der Waals surface area (Å²) in [6.07, 6.45) is 0. The smallest absolute Gasteiger partial charge is 0.143 e. The summed E-state index contributed by atoms with van der Waals surface area (Å²) in [6, 6.07) is 180. The third-order valence-corrected chi connectivity index (χ3v) is 28.6. The molecule has 0 bridgehead atoms. The molecule has 0 aliphatic rings. The van der Waals surface area contributed by atoms with E-state index in [4.69, 9.17) is 13.3 Å². The van der Waals surface area contributed by atoms with Gasteiger partial charge in [-0.3, -0.25) is 0 Å². The van der Waals surface area contributed by atoms with Crippen LogP contribution in [0.2, 0.25) is 0 Å². The van der Waals surface area contributed by atoms with Crippen LogP contribution in [0.25, 0.3) is 270 Å². The summed E-state index contributed by atoms with van der Waals surface area (Å²) in [7, 11) is 0.